The summed E-state index contributed by atoms with van der Waals surface area (Å²) in [6.45, 7) is 3.92. The number of hydrogen-bond acceptors (Lipinski definition) is 2. The maximum Gasteiger partial charge on any atom is 0.168 e. The highest BCUT2D eigenvalue weighted by atomic mass is 32.1. The third-order valence-corrected chi connectivity index (χ3v) is 4.13. The maximum atomic E-state index is 13.2. The number of benzene rings is 1. The van der Waals surface area contributed by atoms with Crippen molar-refractivity contribution < 1.29 is 9.18 Å². The van der Waals surface area contributed by atoms with Crippen LogP contribution in [-0.4, -0.2) is 5.78 Å². The second-order valence-corrected chi connectivity index (χ2v) is 5.53. The van der Waals surface area contributed by atoms with E-state index in [1.807, 2.05) is 19.1 Å². The molecule has 0 N–H and O–H groups in total. The third kappa shape index (κ3) is 2.85. The van der Waals surface area contributed by atoms with Gasteiger partial charge in [-0.3, -0.25) is 4.79 Å². The molecule has 2 aromatic rings. The van der Waals surface area contributed by atoms with Crippen LogP contribution in [0.3, 0.4) is 0 Å². The fourth-order valence-electron chi connectivity index (χ4n) is 1.86. The topological polar surface area (TPSA) is 17.1 Å². The molecule has 1 heterocycles. The number of carbonyl (C=O) groups is 1. The lowest BCUT2D eigenvalue weighted by molar-refractivity contribution is 0.0993. The molecule has 0 saturated carbocycles. The molecule has 0 aliphatic heterocycles. The first-order valence-corrected chi connectivity index (χ1v) is 6.78. The van der Waals surface area contributed by atoms with Crippen LogP contribution in [0.4, 0.5) is 4.39 Å². The average molecular weight is 262 g/mol. The van der Waals surface area contributed by atoms with Crippen LogP contribution >= 0.6 is 11.3 Å². The molecule has 0 aliphatic rings. The van der Waals surface area contributed by atoms with E-state index in [-0.39, 0.29) is 11.6 Å². The van der Waals surface area contributed by atoms with Crippen molar-refractivity contribution in [2.45, 2.75) is 26.7 Å². The molecular weight excluding hydrogens is 247 g/mol. The van der Waals surface area contributed by atoms with E-state index < -0.39 is 0 Å². The highest BCUT2D eigenvalue weighted by Crippen LogP contribution is 2.20. The van der Waals surface area contributed by atoms with E-state index in [1.165, 1.54) is 17.0 Å². The summed E-state index contributed by atoms with van der Waals surface area (Å²) in [7, 11) is 0. The molecule has 2 rings (SSSR count). The number of ketones is 1. The minimum Gasteiger partial charge on any atom is -0.294 e. The number of thiophene rings is 1. The molecule has 1 aromatic heterocycles. The fourth-order valence-corrected chi connectivity index (χ4v) is 2.81. The summed E-state index contributed by atoms with van der Waals surface area (Å²) in [5, 5.41) is 0. The van der Waals surface area contributed by atoms with E-state index in [2.05, 4.69) is 6.92 Å². The molecule has 0 aliphatic carbocycles. The Kier molecular flexibility index (Phi) is 3.92. The summed E-state index contributed by atoms with van der Waals surface area (Å²) in [5.41, 5.74) is 1.31. The van der Waals surface area contributed by atoms with Crippen LogP contribution in [0, 0.1) is 12.7 Å². The first-order chi connectivity index (χ1) is 8.60. The normalized spacial score (nSPS) is 10.6. The maximum absolute atomic E-state index is 13.2. The van der Waals surface area contributed by atoms with Crippen molar-refractivity contribution in [3.63, 3.8) is 0 Å². The van der Waals surface area contributed by atoms with E-state index in [0.717, 1.165) is 16.9 Å². The van der Waals surface area contributed by atoms with Gasteiger partial charge in [-0.25, -0.2) is 4.39 Å². The smallest absolute Gasteiger partial charge is 0.168 e. The Balaban J connectivity index is 2.19. The molecule has 0 amide bonds. The minimum absolute atomic E-state index is 0.0171. The first-order valence-electron chi connectivity index (χ1n) is 5.97. The van der Waals surface area contributed by atoms with Gasteiger partial charge in [0.1, 0.15) is 5.82 Å². The zero-order chi connectivity index (χ0) is 13.1. The molecule has 0 radical (unpaired) electrons. The first kappa shape index (κ1) is 13.0. The number of hydrogen-bond donors (Lipinski definition) is 0. The van der Waals surface area contributed by atoms with E-state index in [4.69, 9.17) is 0 Å². The summed E-state index contributed by atoms with van der Waals surface area (Å²) in [6.07, 6.45) is 1.34. The fraction of sp³-hybridized carbons (Fsp3) is 0.267. The number of halogens is 1. The summed E-state index contributed by atoms with van der Waals surface area (Å²) >= 11 is 1.65. The standard InChI is InChI=1S/C15H15FOS/c1-3-12-6-7-13(18-12)9-15(17)14-8-11(16)5-4-10(14)2/h4-8H,3,9H2,1-2H3. The van der Waals surface area contributed by atoms with Crippen molar-refractivity contribution in [1.29, 1.82) is 0 Å². The Bertz CT molecular complexity index is 572. The second kappa shape index (κ2) is 5.44. The molecule has 0 fully saturated rings. The molecule has 3 heteroatoms. The Hall–Kier alpha value is -1.48. The number of Topliss-reactive ketones (excluding diaryl/α,β-unsaturated/α-hetero) is 1. The van der Waals surface area contributed by atoms with Gasteiger partial charge in [0.2, 0.25) is 0 Å². The van der Waals surface area contributed by atoms with Crippen LogP contribution < -0.4 is 0 Å². The number of carbonyl (C=O) groups excluding carboxylic acids is 1. The average Bonchev–Trinajstić information content (AvgIpc) is 2.80. The van der Waals surface area contributed by atoms with Gasteiger partial charge in [0.25, 0.3) is 0 Å². The van der Waals surface area contributed by atoms with Crippen LogP contribution in [-0.2, 0) is 12.8 Å². The summed E-state index contributed by atoms with van der Waals surface area (Å²) in [6, 6.07) is 8.38. The minimum atomic E-state index is -0.357. The van der Waals surface area contributed by atoms with Crippen molar-refractivity contribution in [1.82, 2.24) is 0 Å². The van der Waals surface area contributed by atoms with E-state index in [0.29, 0.717) is 12.0 Å². The highest BCUT2D eigenvalue weighted by molar-refractivity contribution is 7.12. The SMILES string of the molecule is CCc1ccc(CC(=O)c2cc(F)ccc2C)s1. The Morgan fingerprint density at radius 1 is 1.22 bits per heavy atom. The molecule has 18 heavy (non-hydrogen) atoms. The summed E-state index contributed by atoms with van der Waals surface area (Å²) < 4.78 is 13.2. The molecule has 0 bridgehead atoms. The van der Waals surface area contributed by atoms with Crippen LogP contribution in [0.5, 0.6) is 0 Å². The highest BCUT2D eigenvalue weighted by Gasteiger charge is 2.12. The third-order valence-electron chi connectivity index (χ3n) is 2.90. The van der Waals surface area contributed by atoms with Gasteiger partial charge >= 0.3 is 0 Å². The summed E-state index contributed by atoms with van der Waals surface area (Å²) in [5.74, 6) is -0.374. The van der Waals surface area contributed by atoms with Gasteiger partial charge < -0.3 is 0 Å². The van der Waals surface area contributed by atoms with E-state index in [9.17, 15) is 9.18 Å². The van der Waals surface area contributed by atoms with Crippen molar-refractivity contribution in [2.75, 3.05) is 0 Å². The van der Waals surface area contributed by atoms with Crippen molar-refractivity contribution >= 4 is 17.1 Å². The predicted molar refractivity (Wildman–Crippen MR) is 72.9 cm³/mol. The quantitative estimate of drug-likeness (QED) is 0.755. The molecule has 0 unspecified atom stereocenters. The second-order valence-electron chi connectivity index (χ2n) is 4.28. The lowest BCUT2D eigenvalue weighted by Gasteiger charge is -2.04. The van der Waals surface area contributed by atoms with Crippen molar-refractivity contribution in [3.8, 4) is 0 Å². The van der Waals surface area contributed by atoms with Gasteiger partial charge in [0.05, 0.1) is 0 Å². The molecule has 0 saturated heterocycles. The molecule has 94 valence electrons. The van der Waals surface area contributed by atoms with Crippen LogP contribution in [0.2, 0.25) is 0 Å². The van der Waals surface area contributed by atoms with Crippen LogP contribution in [0.25, 0.3) is 0 Å². The van der Waals surface area contributed by atoms with Gasteiger partial charge in [-0.1, -0.05) is 13.0 Å². The zero-order valence-corrected chi connectivity index (χ0v) is 11.3. The predicted octanol–water partition coefficient (Wildman–Crippen LogP) is 4.18. The van der Waals surface area contributed by atoms with Gasteiger partial charge in [0.15, 0.2) is 5.78 Å². The molecule has 0 atom stereocenters. The molecule has 1 nitrogen and oxygen atoms in total. The number of aryl methyl sites for hydroxylation is 2. The zero-order valence-electron chi connectivity index (χ0n) is 10.5. The Morgan fingerprint density at radius 3 is 2.61 bits per heavy atom. The van der Waals surface area contributed by atoms with Gasteiger partial charge in [-0.05, 0) is 43.2 Å². The summed E-state index contributed by atoms with van der Waals surface area (Å²) in [4.78, 5) is 14.4. The molecule has 1 aromatic carbocycles. The number of rotatable bonds is 4. The lowest BCUT2D eigenvalue weighted by Crippen LogP contribution is -2.05. The van der Waals surface area contributed by atoms with E-state index in [1.54, 1.807) is 17.4 Å². The Morgan fingerprint density at radius 2 is 1.94 bits per heavy atom. The van der Waals surface area contributed by atoms with Crippen molar-refractivity contribution in [3.05, 3.63) is 57.0 Å². The lowest BCUT2D eigenvalue weighted by atomic mass is 10.0. The van der Waals surface area contributed by atoms with Gasteiger partial charge in [-0.2, -0.15) is 0 Å². The van der Waals surface area contributed by atoms with Crippen LogP contribution in [0.1, 0.15) is 32.6 Å². The van der Waals surface area contributed by atoms with Crippen LogP contribution in [0.15, 0.2) is 30.3 Å². The molecule has 0 spiro atoms. The Labute approximate surface area is 110 Å². The monoisotopic (exact) mass is 262 g/mol. The van der Waals surface area contributed by atoms with Crippen molar-refractivity contribution in [2.24, 2.45) is 0 Å². The molecular formula is C15H15FOS. The van der Waals surface area contributed by atoms with Gasteiger partial charge in [0, 0.05) is 21.7 Å². The largest absolute Gasteiger partial charge is 0.294 e. The van der Waals surface area contributed by atoms with Gasteiger partial charge in [-0.15, -0.1) is 11.3 Å². The van der Waals surface area contributed by atoms with E-state index >= 15 is 0 Å².